The average molecular weight is 710 g/mol. The third kappa shape index (κ3) is 13.3. The molecule has 0 saturated heterocycles. The molecule has 2 unspecified atom stereocenters. The van der Waals surface area contributed by atoms with Gasteiger partial charge in [0.1, 0.15) is 28.5 Å². The lowest BCUT2D eigenvalue weighted by molar-refractivity contribution is 0.0416. The van der Waals surface area contributed by atoms with Gasteiger partial charge in [-0.2, -0.15) is 26.7 Å². The Morgan fingerprint density at radius 2 is 1.36 bits per heavy atom. The van der Waals surface area contributed by atoms with E-state index in [2.05, 4.69) is 59.5 Å². The van der Waals surface area contributed by atoms with Crippen LogP contribution >= 0.6 is 11.8 Å². The number of hydrogen-bond acceptors (Lipinski definition) is 12. The molecule has 0 saturated carbocycles. The molecule has 1 aromatic heterocycles. The Hall–Kier alpha value is -4.06. The number of thioether (sulfide) groups is 1. The normalized spacial score (nSPS) is 12.3. The standard InChI is InChI=1S/C38H55N5O6S/c1-6-10-13-26(8-3)24-48-35(46)30-17-15-28(21-32(30)44)22-34-41-37(39-19-12-20-50-5)43-38(42-34)40-29-16-18-31(33(45)23-29)36(47)49-25-27(9-4)14-11-7-2/h15-18,21,23,26-27,44-45H,6-14,19-20,22,24-25H2,1-5H3,(H2,39,40,41,42,43). The minimum Gasteiger partial charge on any atom is -0.507 e. The van der Waals surface area contributed by atoms with Crippen molar-refractivity contribution in [3.63, 3.8) is 0 Å². The molecule has 0 aliphatic rings. The predicted molar refractivity (Wildman–Crippen MR) is 201 cm³/mol. The van der Waals surface area contributed by atoms with Gasteiger partial charge in [0.05, 0.1) is 13.2 Å². The summed E-state index contributed by atoms with van der Waals surface area (Å²) in [5.41, 5.74) is 1.36. The molecule has 3 aromatic rings. The third-order valence-electron chi connectivity index (χ3n) is 8.59. The Morgan fingerprint density at radius 1 is 0.780 bits per heavy atom. The van der Waals surface area contributed by atoms with Gasteiger partial charge in [-0.15, -0.1) is 0 Å². The first kappa shape index (κ1) is 40.4. The lowest BCUT2D eigenvalue weighted by atomic mass is 10.0. The second-order valence-corrected chi connectivity index (χ2v) is 13.6. The van der Waals surface area contributed by atoms with Crippen LogP contribution in [0, 0.1) is 11.8 Å². The summed E-state index contributed by atoms with van der Waals surface area (Å²) < 4.78 is 11.1. The summed E-state index contributed by atoms with van der Waals surface area (Å²) in [7, 11) is 0. The minimum absolute atomic E-state index is 0.0854. The van der Waals surface area contributed by atoms with Crippen molar-refractivity contribution in [2.75, 3.05) is 42.4 Å². The van der Waals surface area contributed by atoms with Crippen molar-refractivity contribution in [2.45, 2.75) is 91.9 Å². The number of nitrogens with zero attached hydrogens (tertiary/aromatic N) is 3. The first-order chi connectivity index (χ1) is 24.2. The van der Waals surface area contributed by atoms with Crippen LogP contribution in [0.15, 0.2) is 36.4 Å². The summed E-state index contributed by atoms with van der Waals surface area (Å²) in [6.07, 6.45) is 11.4. The minimum atomic E-state index is -0.567. The highest BCUT2D eigenvalue weighted by Gasteiger charge is 2.18. The first-order valence-electron chi connectivity index (χ1n) is 17.9. The van der Waals surface area contributed by atoms with Crippen LogP contribution in [-0.4, -0.2) is 68.9 Å². The molecule has 0 bridgehead atoms. The zero-order valence-corrected chi connectivity index (χ0v) is 31.1. The van der Waals surface area contributed by atoms with Crippen molar-refractivity contribution in [3.8, 4) is 11.5 Å². The van der Waals surface area contributed by atoms with Gasteiger partial charge in [-0.05, 0) is 72.9 Å². The maximum Gasteiger partial charge on any atom is 0.341 e. The van der Waals surface area contributed by atoms with E-state index in [-0.39, 0.29) is 35.0 Å². The Morgan fingerprint density at radius 3 is 1.90 bits per heavy atom. The van der Waals surface area contributed by atoms with Crippen molar-refractivity contribution in [2.24, 2.45) is 11.8 Å². The zero-order chi connectivity index (χ0) is 36.3. The molecular weight excluding hydrogens is 655 g/mol. The van der Waals surface area contributed by atoms with Crippen LogP contribution < -0.4 is 10.6 Å². The van der Waals surface area contributed by atoms with Gasteiger partial charge in [-0.3, -0.25) is 0 Å². The smallest absolute Gasteiger partial charge is 0.341 e. The van der Waals surface area contributed by atoms with Crippen LogP contribution in [0.1, 0.15) is 118 Å². The lowest BCUT2D eigenvalue weighted by Gasteiger charge is -2.15. The van der Waals surface area contributed by atoms with Crippen molar-refractivity contribution >= 4 is 41.3 Å². The number of ether oxygens (including phenoxy) is 2. The van der Waals surface area contributed by atoms with E-state index in [1.807, 2.05) is 0 Å². The van der Waals surface area contributed by atoms with Crippen molar-refractivity contribution < 1.29 is 29.3 Å². The van der Waals surface area contributed by atoms with Crippen molar-refractivity contribution in [3.05, 3.63) is 58.9 Å². The van der Waals surface area contributed by atoms with Gasteiger partial charge in [0, 0.05) is 24.7 Å². The molecule has 0 aliphatic carbocycles. The Kier molecular flexibility index (Phi) is 17.7. The molecule has 2 aromatic carbocycles. The molecule has 3 rings (SSSR count). The van der Waals surface area contributed by atoms with E-state index in [0.29, 0.717) is 54.6 Å². The number of carbonyl (C=O) groups is 2. The van der Waals surface area contributed by atoms with Crippen LogP contribution in [0.4, 0.5) is 17.6 Å². The number of aromatic nitrogens is 3. The van der Waals surface area contributed by atoms with E-state index in [9.17, 15) is 19.8 Å². The first-order valence-corrected chi connectivity index (χ1v) is 19.3. The van der Waals surface area contributed by atoms with Gasteiger partial charge in [0.15, 0.2) is 0 Å². The number of phenolic OH excluding ortho intramolecular Hbond substituents is 2. The fourth-order valence-corrected chi connectivity index (χ4v) is 5.78. The van der Waals surface area contributed by atoms with Gasteiger partial charge in [0.2, 0.25) is 11.9 Å². The Labute approximate surface area is 301 Å². The number of carbonyl (C=O) groups excluding carboxylic acids is 2. The molecule has 274 valence electrons. The highest BCUT2D eigenvalue weighted by atomic mass is 32.2. The molecule has 12 heteroatoms. The molecule has 0 fully saturated rings. The van der Waals surface area contributed by atoms with Gasteiger partial charge in [0.25, 0.3) is 0 Å². The second-order valence-electron chi connectivity index (χ2n) is 12.6. The highest BCUT2D eigenvalue weighted by molar-refractivity contribution is 7.98. The number of anilines is 3. The van der Waals surface area contributed by atoms with E-state index in [1.165, 1.54) is 18.2 Å². The third-order valence-corrected chi connectivity index (χ3v) is 9.29. The van der Waals surface area contributed by atoms with Gasteiger partial charge in [-0.25, -0.2) is 9.59 Å². The van der Waals surface area contributed by atoms with Crippen LogP contribution in [0.2, 0.25) is 0 Å². The largest absolute Gasteiger partial charge is 0.507 e. The van der Waals surface area contributed by atoms with Crippen molar-refractivity contribution in [1.82, 2.24) is 15.0 Å². The number of phenols is 2. The topological polar surface area (TPSA) is 156 Å². The fraction of sp³-hybridized carbons (Fsp3) is 0.553. The molecule has 0 radical (unpaired) electrons. The average Bonchev–Trinajstić information content (AvgIpc) is 3.10. The maximum absolute atomic E-state index is 12.8. The van der Waals surface area contributed by atoms with Gasteiger partial charge >= 0.3 is 11.9 Å². The highest BCUT2D eigenvalue weighted by Crippen LogP contribution is 2.27. The van der Waals surface area contributed by atoms with Crippen LogP contribution in [0.3, 0.4) is 0 Å². The monoisotopic (exact) mass is 709 g/mol. The summed E-state index contributed by atoms with van der Waals surface area (Å²) in [6, 6.07) is 9.43. The van der Waals surface area contributed by atoms with Crippen LogP contribution in [-0.2, 0) is 15.9 Å². The number of rotatable bonds is 23. The second kappa shape index (κ2) is 21.9. The number of nitrogens with one attached hydrogen (secondary N) is 2. The van der Waals surface area contributed by atoms with Crippen molar-refractivity contribution in [1.29, 1.82) is 0 Å². The SMILES string of the molecule is CCCCC(CC)COC(=O)c1ccc(Cc2nc(NCCCSC)nc(Nc3ccc(C(=O)OCC(CC)CCCC)c(O)c3)n2)cc1O. The van der Waals surface area contributed by atoms with E-state index >= 15 is 0 Å². The number of aromatic hydroxyl groups is 2. The molecule has 1 heterocycles. The maximum atomic E-state index is 12.8. The Balaban J connectivity index is 1.74. The van der Waals surface area contributed by atoms with E-state index in [4.69, 9.17) is 9.47 Å². The van der Waals surface area contributed by atoms with Gasteiger partial charge < -0.3 is 30.3 Å². The van der Waals surface area contributed by atoms with Gasteiger partial charge in [-0.1, -0.05) is 72.3 Å². The molecule has 50 heavy (non-hydrogen) atoms. The summed E-state index contributed by atoms with van der Waals surface area (Å²) in [4.78, 5) is 39.2. The number of unbranched alkanes of at least 4 members (excludes halogenated alkanes) is 2. The summed E-state index contributed by atoms with van der Waals surface area (Å²) in [6.45, 7) is 9.75. The quantitative estimate of drug-likeness (QED) is 0.0551. The summed E-state index contributed by atoms with van der Waals surface area (Å²) >= 11 is 1.75. The molecule has 0 aliphatic heterocycles. The summed E-state index contributed by atoms with van der Waals surface area (Å²) in [5, 5.41) is 27.8. The Bertz CT molecular complexity index is 1400. The fourth-order valence-electron chi connectivity index (χ4n) is 5.34. The van der Waals surface area contributed by atoms with Crippen LogP contribution in [0.5, 0.6) is 11.5 Å². The zero-order valence-electron chi connectivity index (χ0n) is 30.3. The lowest BCUT2D eigenvalue weighted by Crippen LogP contribution is -2.14. The number of hydrogen-bond donors (Lipinski definition) is 4. The molecule has 0 spiro atoms. The molecular formula is C38H55N5O6S. The summed E-state index contributed by atoms with van der Waals surface area (Å²) in [5.74, 6) is 1.09. The molecule has 0 amide bonds. The van der Waals surface area contributed by atoms with E-state index in [0.717, 1.165) is 63.5 Å². The predicted octanol–water partition coefficient (Wildman–Crippen LogP) is 8.53. The van der Waals surface area contributed by atoms with E-state index < -0.39 is 11.9 Å². The number of esters is 2. The van der Waals surface area contributed by atoms with E-state index in [1.54, 1.807) is 30.0 Å². The molecule has 2 atom stereocenters. The molecule has 4 N–H and O–H groups in total. The molecule has 11 nitrogen and oxygen atoms in total. The van der Waals surface area contributed by atoms with Crippen LogP contribution in [0.25, 0.3) is 0 Å². The number of benzene rings is 2.